The average molecular weight is 527 g/mol. The molecule has 1 fully saturated rings. The SMILES string of the molecule is CS(=O)(=O)c1ccc(C(=O)O)c(Cl)c1CN1CCC(Oc2ncc(C(F)(F)F)cc2Cl)CC1. The van der Waals surface area contributed by atoms with Crippen molar-refractivity contribution in [3.63, 3.8) is 0 Å². The summed E-state index contributed by atoms with van der Waals surface area (Å²) in [5.41, 5.74) is -0.969. The number of pyridine rings is 1. The Labute approximate surface area is 198 Å². The van der Waals surface area contributed by atoms with E-state index in [1.165, 1.54) is 6.07 Å². The van der Waals surface area contributed by atoms with E-state index in [-0.39, 0.29) is 44.6 Å². The Morgan fingerprint density at radius 3 is 2.42 bits per heavy atom. The molecule has 180 valence electrons. The third-order valence-corrected chi connectivity index (χ3v) is 7.04. The van der Waals surface area contributed by atoms with E-state index in [9.17, 15) is 31.5 Å². The lowest BCUT2D eigenvalue weighted by atomic mass is 10.1. The first kappa shape index (κ1) is 25.5. The number of carbonyl (C=O) groups is 1. The van der Waals surface area contributed by atoms with Crippen LogP contribution in [0.15, 0.2) is 29.3 Å². The number of sulfone groups is 1. The van der Waals surface area contributed by atoms with Crippen LogP contribution < -0.4 is 4.74 Å². The number of ether oxygens (including phenoxy) is 1. The number of likely N-dealkylation sites (tertiary alicyclic amines) is 1. The van der Waals surface area contributed by atoms with Crippen molar-refractivity contribution in [1.82, 2.24) is 9.88 Å². The molecule has 1 aromatic heterocycles. The lowest BCUT2D eigenvalue weighted by Crippen LogP contribution is -2.38. The minimum Gasteiger partial charge on any atom is -0.478 e. The second-order valence-electron chi connectivity index (χ2n) is 7.58. The first-order chi connectivity index (χ1) is 15.3. The van der Waals surface area contributed by atoms with Crippen LogP contribution in [0.1, 0.15) is 34.3 Å². The maximum absolute atomic E-state index is 12.8. The van der Waals surface area contributed by atoms with E-state index in [0.717, 1.165) is 18.4 Å². The highest BCUT2D eigenvalue weighted by Crippen LogP contribution is 2.34. The van der Waals surface area contributed by atoms with Crippen LogP contribution in [0.5, 0.6) is 5.88 Å². The van der Waals surface area contributed by atoms with Crippen molar-refractivity contribution in [2.75, 3.05) is 19.3 Å². The maximum Gasteiger partial charge on any atom is 0.417 e. The molecule has 0 unspecified atom stereocenters. The monoisotopic (exact) mass is 526 g/mol. The Bertz CT molecular complexity index is 1170. The van der Waals surface area contributed by atoms with Crippen molar-refractivity contribution in [1.29, 1.82) is 0 Å². The molecule has 1 aliphatic heterocycles. The zero-order valence-corrected chi connectivity index (χ0v) is 19.5. The molecule has 0 spiro atoms. The Balaban J connectivity index is 1.70. The summed E-state index contributed by atoms with van der Waals surface area (Å²) in [6, 6.07) is 3.14. The summed E-state index contributed by atoms with van der Waals surface area (Å²) in [7, 11) is -3.65. The van der Waals surface area contributed by atoms with Crippen LogP contribution in [-0.4, -0.2) is 54.8 Å². The van der Waals surface area contributed by atoms with Gasteiger partial charge < -0.3 is 9.84 Å². The van der Waals surface area contributed by atoms with Crippen LogP contribution in [0.4, 0.5) is 13.2 Å². The van der Waals surface area contributed by atoms with Gasteiger partial charge in [0.15, 0.2) is 9.84 Å². The number of piperidine rings is 1. The molecular weight excluding hydrogens is 508 g/mol. The number of nitrogens with zero attached hydrogens (tertiary/aromatic N) is 2. The number of carboxylic acid groups (broad SMARTS) is 1. The van der Waals surface area contributed by atoms with Gasteiger partial charge in [0.1, 0.15) is 11.1 Å². The molecular formula is C20H19Cl2F3N2O5S. The minimum absolute atomic E-state index is 0.0448. The van der Waals surface area contributed by atoms with Crippen molar-refractivity contribution in [3.8, 4) is 5.88 Å². The van der Waals surface area contributed by atoms with Gasteiger partial charge in [-0.05, 0) is 31.0 Å². The normalized spacial score (nSPS) is 16.1. The number of halogens is 5. The molecule has 2 aromatic rings. The van der Waals surface area contributed by atoms with Crippen molar-refractivity contribution < 1.29 is 36.2 Å². The van der Waals surface area contributed by atoms with E-state index >= 15 is 0 Å². The van der Waals surface area contributed by atoms with Gasteiger partial charge in [0, 0.05) is 37.7 Å². The number of carboxylic acids is 1. The second-order valence-corrected chi connectivity index (χ2v) is 10.4. The third-order valence-electron chi connectivity index (χ3n) is 5.16. The topological polar surface area (TPSA) is 96.8 Å². The van der Waals surface area contributed by atoms with Gasteiger partial charge in [-0.3, -0.25) is 4.90 Å². The Morgan fingerprint density at radius 1 is 1.27 bits per heavy atom. The van der Waals surface area contributed by atoms with E-state index < -0.39 is 27.5 Å². The van der Waals surface area contributed by atoms with Crippen molar-refractivity contribution >= 4 is 39.0 Å². The number of aromatic nitrogens is 1. The minimum atomic E-state index is -4.56. The fourth-order valence-electron chi connectivity index (χ4n) is 3.50. The highest BCUT2D eigenvalue weighted by molar-refractivity contribution is 7.90. The molecule has 0 radical (unpaired) electrons. The summed E-state index contributed by atoms with van der Waals surface area (Å²) in [5, 5.41) is 8.92. The Morgan fingerprint density at radius 2 is 1.91 bits per heavy atom. The molecule has 1 aromatic carbocycles. The van der Waals surface area contributed by atoms with Gasteiger partial charge in [-0.1, -0.05) is 23.2 Å². The highest BCUT2D eigenvalue weighted by Gasteiger charge is 2.32. The van der Waals surface area contributed by atoms with Gasteiger partial charge >= 0.3 is 12.1 Å². The number of aromatic carboxylic acids is 1. The number of alkyl halides is 3. The van der Waals surface area contributed by atoms with E-state index in [1.807, 2.05) is 4.90 Å². The second kappa shape index (κ2) is 9.65. The fraction of sp³-hybridized carbons (Fsp3) is 0.400. The maximum atomic E-state index is 12.8. The quantitative estimate of drug-likeness (QED) is 0.589. The van der Waals surface area contributed by atoms with Gasteiger partial charge in [0.2, 0.25) is 5.88 Å². The average Bonchev–Trinajstić information content (AvgIpc) is 2.70. The summed E-state index contributed by atoms with van der Waals surface area (Å²) in [5.74, 6) is -1.37. The van der Waals surface area contributed by atoms with E-state index in [4.69, 9.17) is 27.9 Å². The molecule has 7 nitrogen and oxygen atoms in total. The largest absolute Gasteiger partial charge is 0.478 e. The molecule has 0 amide bonds. The van der Waals surface area contributed by atoms with Crippen molar-refractivity contribution in [2.45, 2.75) is 36.6 Å². The molecule has 1 N–H and O–H groups in total. The summed E-state index contributed by atoms with van der Waals surface area (Å²) in [4.78, 5) is 16.9. The third kappa shape index (κ3) is 6.08. The fourth-order valence-corrected chi connectivity index (χ4v) is 5.00. The van der Waals surface area contributed by atoms with Gasteiger partial charge in [-0.25, -0.2) is 18.2 Å². The van der Waals surface area contributed by atoms with Gasteiger partial charge in [-0.15, -0.1) is 0 Å². The first-order valence-corrected chi connectivity index (χ1v) is 12.3. The van der Waals surface area contributed by atoms with Crippen LogP contribution >= 0.6 is 23.2 Å². The van der Waals surface area contributed by atoms with Gasteiger partial charge in [-0.2, -0.15) is 13.2 Å². The first-order valence-electron chi connectivity index (χ1n) is 9.64. The summed E-state index contributed by atoms with van der Waals surface area (Å²) in [6.45, 7) is 0.994. The number of benzene rings is 1. The van der Waals surface area contributed by atoms with Gasteiger partial charge in [0.25, 0.3) is 0 Å². The van der Waals surface area contributed by atoms with Crippen LogP contribution in [0.25, 0.3) is 0 Å². The predicted molar refractivity (Wildman–Crippen MR) is 115 cm³/mol. The van der Waals surface area contributed by atoms with Crippen LogP contribution in [0.3, 0.4) is 0 Å². The molecule has 2 heterocycles. The molecule has 13 heteroatoms. The lowest BCUT2D eigenvalue weighted by Gasteiger charge is -2.32. The van der Waals surface area contributed by atoms with E-state index in [1.54, 1.807) is 0 Å². The standard InChI is InChI=1S/C20H19Cl2F3N2O5S/c1-33(30,31)16-3-2-13(19(28)29)17(22)14(16)10-27-6-4-12(5-7-27)32-18-15(21)8-11(9-26-18)20(23,24)25/h2-3,8-9,12H,4-7,10H2,1H3,(H,28,29). The molecule has 1 saturated heterocycles. The molecule has 1 aliphatic rings. The molecule has 0 bridgehead atoms. The zero-order valence-electron chi connectivity index (χ0n) is 17.2. The van der Waals surface area contributed by atoms with Gasteiger partial charge in [0.05, 0.1) is 21.0 Å². The summed E-state index contributed by atoms with van der Waals surface area (Å²) in [6.07, 6.45) is -2.33. The zero-order chi connectivity index (χ0) is 24.6. The number of hydrogen-bond donors (Lipinski definition) is 1. The Kier molecular flexibility index (Phi) is 7.47. The van der Waals surface area contributed by atoms with Crippen LogP contribution in [-0.2, 0) is 22.6 Å². The number of hydrogen-bond acceptors (Lipinski definition) is 6. The summed E-state index contributed by atoms with van der Waals surface area (Å²) < 4.78 is 68.3. The molecule has 0 atom stereocenters. The summed E-state index contributed by atoms with van der Waals surface area (Å²) >= 11 is 12.1. The molecule has 0 saturated carbocycles. The van der Waals surface area contributed by atoms with E-state index in [2.05, 4.69) is 4.98 Å². The lowest BCUT2D eigenvalue weighted by molar-refractivity contribution is -0.137. The smallest absolute Gasteiger partial charge is 0.417 e. The molecule has 0 aliphatic carbocycles. The Hall–Kier alpha value is -2.08. The van der Waals surface area contributed by atoms with Crippen molar-refractivity contribution in [2.24, 2.45) is 0 Å². The number of rotatable bonds is 6. The van der Waals surface area contributed by atoms with Crippen LogP contribution in [0, 0.1) is 0 Å². The highest BCUT2D eigenvalue weighted by atomic mass is 35.5. The van der Waals surface area contributed by atoms with Crippen LogP contribution in [0.2, 0.25) is 10.0 Å². The van der Waals surface area contributed by atoms with Crippen molar-refractivity contribution in [3.05, 3.63) is 51.1 Å². The molecule has 3 rings (SSSR count). The predicted octanol–water partition coefficient (Wildman–Crippen LogP) is 4.55. The molecule has 33 heavy (non-hydrogen) atoms. The van der Waals surface area contributed by atoms with E-state index in [0.29, 0.717) is 32.1 Å².